The number of thioether (sulfide) groups is 1. The van der Waals surface area contributed by atoms with Crippen molar-refractivity contribution in [2.45, 2.75) is 17.2 Å². The molecule has 0 radical (unpaired) electrons. The summed E-state index contributed by atoms with van der Waals surface area (Å²) in [6.45, 7) is 1.69. The van der Waals surface area contributed by atoms with Crippen molar-refractivity contribution < 1.29 is 9.53 Å². The largest absolute Gasteiger partial charge is 0.495 e. The van der Waals surface area contributed by atoms with Gasteiger partial charge in [0.25, 0.3) is 0 Å². The molecule has 0 unspecified atom stereocenters. The van der Waals surface area contributed by atoms with Crippen LogP contribution in [0.3, 0.4) is 0 Å². The van der Waals surface area contributed by atoms with Crippen LogP contribution in [0.4, 0.5) is 11.5 Å². The Labute approximate surface area is 149 Å². The van der Waals surface area contributed by atoms with Crippen LogP contribution in [0.1, 0.15) is 18.1 Å². The third kappa shape index (κ3) is 4.19. The number of nitrogen functional groups attached to an aromatic ring is 1. The Kier molecular flexibility index (Phi) is 5.83. The second kappa shape index (κ2) is 8.04. The molecule has 126 valence electrons. The van der Waals surface area contributed by atoms with Gasteiger partial charge in [-0.1, -0.05) is 23.9 Å². The first kappa shape index (κ1) is 18.1. The predicted octanol–water partition coefficient (Wildman–Crippen LogP) is 2.54. The lowest BCUT2D eigenvalue weighted by Crippen LogP contribution is -2.23. The summed E-state index contributed by atoms with van der Waals surface area (Å²) in [6.07, 6.45) is 0. The van der Waals surface area contributed by atoms with Gasteiger partial charge in [-0.25, -0.2) is 4.98 Å². The number of nitrogens with zero attached hydrogens (tertiary/aromatic N) is 3. The molecule has 2 rings (SSSR count). The lowest BCUT2D eigenvalue weighted by atomic mass is 10.2. The van der Waals surface area contributed by atoms with Crippen molar-refractivity contribution >= 4 is 29.2 Å². The number of ether oxygens (including phenoxy) is 1. The highest BCUT2D eigenvalue weighted by molar-refractivity contribution is 8.00. The molecule has 1 amide bonds. The van der Waals surface area contributed by atoms with Crippen LogP contribution in [-0.4, -0.2) is 23.3 Å². The average molecular weight is 353 g/mol. The number of nitrogens with two attached hydrogens (primary N) is 1. The van der Waals surface area contributed by atoms with E-state index in [-0.39, 0.29) is 22.9 Å². The molecule has 0 saturated heterocycles. The molecule has 0 aliphatic rings. The minimum absolute atomic E-state index is 0.0290. The second-order valence-corrected chi connectivity index (χ2v) is 6.28. The van der Waals surface area contributed by atoms with E-state index in [2.05, 4.69) is 10.3 Å². The molecule has 0 bridgehead atoms. The average Bonchev–Trinajstić information content (AvgIpc) is 2.62. The number of pyridine rings is 1. The number of carbonyl (C=O) groups excluding carboxylic acids is 1. The zero-order valence-corrected chi connectivity index (χ0v) is 14.4. The number of nitriles is 2. The summed E-state index contributed by atoms with van der Waals surface area (Å²) >= 11 is 1.09. The number of hydrogen-bond donors (Lipinski definition) is 2. The molecule has 1 aromatic carbocycles. The van der Waals surface area contributed by atoms with Gasteiger partial charge in [-0.2, -0.15) is 10.5 Å². The molecule has 1 atom stereocenters. The maximum absolute atomic E-state index is 12.4. The number of rotatable bonds is 5. The summed E-state index contributed by atoms with van der Waals surface area (Å²) in [5.41, 5.74) is 6.58. The van der Waals surface area contributed by atoms with E-state index in [4.69, 9.17) is 15.7 Å². The van der Waals surface area contributed by atoms with Gasteiger partial charge in [0, 0.05) is 0 Å². The normalized spacial score (nSPS) is 11.0. The van der Waals surface area contributed by atoms with Crippen LogP contribution in [0.25, 0.3) is 0 Å². The Hall–Kier alpha value is -3.23. The van der Waals surface area contributed by atoms with Gasteiger partial charge in [-0.3, -0.25) is 4.79 Å². The summed E-state index contributed by atoms with van der Waals surface area (Å²) in [7, 11) is 1.52. The number of benzene rings is 1. The smallest absolute Gasteiger partial charge is 0.237 e. The van der Waals surface area contributed by atoms with Gasteiger partial charge < -0.3 is 15.8 Å². The number of anilines is 2. The van der Waals surface area contributed by atoms with Crippen molar-refractivity contribution in [1.82, 2.24) is 4.98 Å². The second-order valence-electron chi connectivity index (χ2n) is 4.95. The van der Waals surface area contributed by atoms with E-state index in [1.807, 2.05) is 12.1 Å². The molecule has 3 N–H and O–H groups in total. The summed E-state index contributed by atoms with van der Waals surface area (Å²) in [5.74, 6) is 0.302. The lowest BCUT2D eigenvalue weighted by molar-refractivity contribution is -0.115. The molecule has 0 aliphatic heterocycles. The first-order valence-electron chi connectivity index (χ1n) is 7.21. The molecular weight excluding hydrogens is 338 g/mol. The van der Waals surface area contributed by atoms with E-state index in [0.29, 0.717) is 16.5 Å². The standard InChI is InChI=1S/C17H15N5O2S/c1-10(16(23)21-13-5-3-4-6-14(13)24-2)25-17-12(9-19)7-11(8-18)15(20)22-17/h3-7,10H,1-2H3,(H2,20,22)(H,21,23)/t10-/m0/s1. The summed E-state index contributed by atoms with van der Waals surface area (Å²) in [5, 5.41) is 20.7. The fourth-order valence-corrected chi connectivity index (χ4v) is 2.86. The Morgan fingerprint density at radius 1 is 1.32 bits per heavy atom. The van der Waals surface area contributed by atoms with Gasteiger partial charge >= 0.3 is 0 Å². The van der Waals surface area contributed by atoms with Crippen LogP contribution in [0, 0.1) is 22.7 Å². The van der Waals surface area contributed by atoms with Crippen LogP contribution >= 0.6 is 11.8 Å². The van der Waals surface area contributed by atoms with E-state index in [1.54, 1.807) is 31.2 Å². The number of carbonyl (C=O) groups is 1. The summed E-state index contributed by atoms with van der Waals surface area (Å²) in [6, 6.07) is 12.3. The van der Waals surface area contributed by atoms with Gasteiger partial charge in [-0.15, -0.1) is 0 Å². The van der Waals surface area contributed by atoms with Crippen molar-refractivity contribution in [3.63, 3.8) is 0 Å². The number of aromatic nitrogens is 1. The molecule has 0 fully saturated rings. The zero-order chi connectivity index (χ0) is 18.4. The van der Waals surface area contributed by atoms with Crippen LogP contribution in [0.2, 0.25) is 0 Å². The van der Waals surface area contributed by atoms with Crippen LogP contribution in [-0.2, 0) is 4.79 Å². The van der Waals surface area contributed by atoms with Crippen molar-refractivity contribution in [3.05, 3.63) is 41.5 Å². The number of amides is 1. The Balaban J connectivity index is 2.18. The first-order chi connectivity index (χ1) is 12.0. The number of para-hydroxylation sites is 2. The highest BCUT2D eigenvalue weighted by Crippen LogP contribution is 2.29. The fraction of sp³-hybridized carbons (Fsp3) is 0.176. The van der Waals surface area contributed by atoms with E-state index in [0.717, 1.165) is 11.8 Å². The lowest BCUT2D eigenvalue weighted by Gasteiger charge is -2.14. The third-order valence-electron chi connectivity index (χ3n) is 3.28. The molecule has 2 aromatic rings. The van der Waals surface area contributed by atoms with Crippen LogP contribution in [0.15, 0.2) is 35.4 Å². The van der Waals surface area contributed by atoms with Gasteiger partial charge in [-0.05, 0) is 25.1 Å². The molecule has 8 heteroatoms. The van der Waals surface area contributed by atoms with Crippen molar-refractivity contribution in [3.8, 4) is 17.9 Å². The topological polar surface area (TPSA) is 125 Å². The quantitative estimate of drug-likeness (QED) is 0.791. The monoisotopic (exact) mass is 353 g/mol. The van der Waals surface area contributed by atoms with Crippen molar-refractivity contribution in [1.29, 1.82) is 10.5 Å². The van der Waals surface area contributed by atoms with Gasteiger partial charge in [0.15, 0.2) is 0 Å². The van der Waals surface area contributed by atoms with Gasteiger partial charge in [0.1, 0.15) is 28.7 Å². The van der Waals surface area contributed by atoms with Crippen molar-refractivity contribution in [2.24, 2.45) is 0 Å². The van der Waals surface area contributed by atoms with Gasteiger partial charge in [0.2, 0.25) is 5.91 Å². The molecule has 1 aromatic heterocycles. The number of hydrogen-bond acceptors (Lipinski definition) is 7. The summed E-state index contributed by atoms with van der Waals surface area (Å²) < 4.78 is 5.20. The van der Waals surface area contributed by atoms with Crippen LogP contribution in [0.5, 0.6) is 5.75 Å². The maximum atomic E-state index is 12.4. The highest BCUT2D eigenvalue weighted by atomic mass is 32.2. The molecular formula is C17H15N5O2S. The molecule has 25 heavy (non-hydrogen) atoms. The predicted molar refractivity (Wildman–Crippen MR) is 95.0 cm³/mol. The molecule has 0 aliphatic carbocycles. The van der Waals surface area contributed by atoms with E-state index in [9.17, 15) is 10.1 Å². The van der Waals surface area contributed by atoms with Gasteiger partial charge in [0.05, 0.1) is 29.2 Å². The van der Waals surface area contributed by atoms with E-state index >= 15 is 0 Å². The molecule has 0 spiro atoms. The number of nitrogens with one attached hydrogen (secondary N) is 1. The Bertz CT molecular complexity index is 886. The molecule has 7 nitrogen and oxygen atoms in total. The first-order valence-corrected chi connectivity index (χ1v) is 8.09. The minimum atomic E-state index is -0.545. The SMILES string of the molecule is COc1ccccc1NC(=O)[C@H](C)Sc1nc(N)c(C#N)cc1C#N. The van der Waals surface area contributed by atoms with Crippen LogP contribution < -0.4 is 15.8 Å². The molecule has 1 heterocycles. The maximum Gasteiger partial charge on any atom is 0.237 e. The Morgan fingerprint density at radius 3 is 2.64 bits per heavy atom. The van der Waals surface area contributed by atoms with E-state index < -0.39 is 5.25 Å². The fourth-order valence-electron chi connectivity index (χ4n) is 1.97. The molecule has 0 saturated carbocycles. The highest BCUT2D eigenvalue weighted by Gasteiger charge is 2.20. The number of methoxy groups -OCH3 is 1. The van der Waals surface area contributed by atoms with Crippen molar-refractivity contribution in [2.75, 3.05) is 18.2 Å². The Morgan fingerprint density at radius 2 is 2.00 bits per heavy atom. The van der Waals surface area contributed by atoms with E-state index in [1.165, 1.54) is 13.2 Å². The third-order valence-corrected chi connectivity index (χ3v) is 4.38. The summed E-state index contributed by atoms with van der Waals surface area (Å²) in [4.78, 5) is 16.5. The zero-order valence-electron chi connectivity index (χ0n) is 13.6. The minimum Gasteiger partial charge on any atom is -0.495 e.